The Morgan fingerprint density at radius 3 is 2.67 bits per heavy atom. The standard InChI is InChI=1S/C14H20N2O5/c1-4-5-15-13(19)10(2)9-16(14(15)20)12(8-11(3)18)21-7-6-17/h1,9,11-12,17-18H,5-8H2,2-3H3/t11-,12?/m1/s1. The molecule has 0 aliphatic rings. The third kappa shape index (κ3) is 4.29. The van der Waals surface area contributed by atoms with Crippen molar-refractivity contribution in [1.29, 1.82) is 0 Å². The Kier molecular flexibility index (Phi) is 6.37. The Labute approximate surface area is 122 Å². The minimum Gasteiger partial charge on any atom is -0.394 e. The molecule has 1 unspecified atom stereocenters. The molecule has 0 bridgehead atoms. The summed E-state index contributed by atoms with van der Waals surface area (Å²) in [6.45, 7) is 2.79. The molecule has 1 aromatic rings. The molecule has 0 saturated carbocycles. The van der Waals surface area contributed by atoms with Gasteiger partial charge in [0.1, 0.15) is 6.23 Å². The van der Waals surface area contributed by atoms with Gasteiger partial charge in [0.05, 0.1) is 25.9 Å². The Balaban J connectivity index is 3.34. The Morgan fingerprint density at radius 2 is 2.14 bits per heavy atom. The van der Waals surface area contributed by atoms with E-state index in [1.807, 2.05) is 0 Å². The van der Waals surface area contributed by atoms with Gasteiger partial charge in [-0.25, -0.2) is 9.36 Å². The number of hydrogen-bond acceptors (Lipinski definition) is 5. The lowest BCUT2D eigenvalue weighted by Crippen LogP contribution is -2.43. The van der Waals surface area contributed by atoms with Crippen molar-refractivity contribution in [2.45, 2.75) is 39.1 Å². The van der Waals surface area contributed by atoms with Crippen LogP contribution in [0.15, 0.2) is 15.8 Å². The molecule has 0 fully saturated rings. The number of terminal acetylenes is 1. The summed E-state index contributed by atoms with van der Waals surface area (Å²) in [7, 11) is 0. The highest BCUT2D eigenvalue weighted by Crippen LogP contribution is 2.13. The van der Waals surface area contributed by atoms with Crippen molar-refractivity contribution < 1.29 is 14.9 Å². The molecule has 7 nitrogen and oxygen atoms in total. The average molecular weight is 296 g/mol. The zero-order valence-corrected chi connectivity index (χ0v) is 12.2. The first-order chi connectivity index (χ1) is 9.92. The van der Waals surface area contributed by atoms with Crippen LogP contribution < -0.4 is 11.2 Å². The zero-order chi connectivity index (χ0) is 16.0. The third-order valence-corrected chi connectivity index (χ3v) is 2.87. The van der Waals surface area contributed by atoms with Crippen LogP contribution in [0.25, 0.3) is 0 Å². The molecule has 0 saturated heterocycles. The largest absolute Gasteiger partial charge is 0.394 e. The number of ether oxygens (including phenoxy) is 1. The van der Waals surface area contributed by atoms with E-state index in [2.05, 4.69) is 5.92 Å². The maximum absolute atomic E-state index is 12.3. The second kappa shape index (κ2) is 7.78. The van der Waals surface area contributed by atoms with Crippen molar-refractivity contribution in [1.82, 2.24) is 9.13 Å². The van der Waals surface area contributed by atoms with Gasteiger partial charge in [-0.05, 0) is 13.8 Å². The van der Waals surface area contributed by atoms with E-state index in [9.17, 15) is 14.7 Å². The number of aryl methyl sites for hydroxylation is 1. The normalized spacial score (nSPS) is 13.7. The Hall–Kier alpha value is -1.88. The van der Waals surface area contributed by atoms with Gasteiger partial charge >= 0.3 is 5.69 Å². The molecule has 0 aliphatic carbocycles. The summed E-state index contributed by atoms with van der Waals surface area (Å²) in [4.78, 5) is 24.2. The molecule has 21 heavy (non-hydrogen) atoms. The van der Waals surface area contributed by atoms with Gasteiger partial charge in [-0.15, -0.1) is 6.42 Å². The van der Waals surface area contributed by atoms with Crippen molar-refractivity contribution in [3.63, 3.8) is 0 Å². The fraction of sp³-hybridized carbons (Fsp3) is 0.571. The number of aromatic nitrogens is 2. The minimum absolute atomic E-state index is 0.0111. The van der Waals surface area contributed by atoms with E-state index < -0.39 is 23.6 Å². The molecule has 1 heterocycles. The van der Waals surface area contributed by atoms with Crippen LogP contribution in [0, 0.1) is 19.3 Å². The number of aliphatic hydroxyl groups excluding tert-OH is 2. The smallest absolute Gasteiger partial charge is 0.333 e. The van der Waals surface area contributed by atoms with E-state index in [0.29, 0.717) is 5.56 Å². The lowest BCUT2D eigenvalue weighted by Gasteiger charge is -2.22. The van der Waals surface area contributed by atoms with Gasteiger partial charge in [0, 0.05) is 18.2 Å². The average Bonchev–Trinajstić information content (AvgIpc) is 2.43. The Morgan fingerprint density at radius 1 is 1.48 bits per heavy atom. The SMILES string of the molecule is C#CCn1c(=O)c(C)cn(C(C[C@@H](C)O)OCCO)c1=O. The number of hydrogen-bond donors (Lipinski definition) is 2. The maximum Gasteiger partial charge on any atom is 0.333 e. The molecule has 2 N–H and O–H groups in total. The van der Waals surface area contributed by atoms with Crippen LogP contribution in [0.2, 0.25) is 0 Å². The maximum atomic E-state index is 12.3. The van der Waals surface area contributed by atoms with E-state index >= 15 is 0 Å². The molecule has 0 amide bonds. The molecule has 7 heteroatoms. The predicted molar refractivity (Wildman–Crippen MR) is 76.9 cm³/mol. The highest BCUT2D eigenvalue weighted by atomic mass is 16.5. The van der Waals surface area contributed by atoms with Crippen LogP contribution >= 0.6 is 0 Å². The van der Waals surface area contributed by atoms with Crippen LogP contribution in [0.3, 0.4) is 0 Å². The van der Waals surface area contributed by atoms with E-state index in [4.69, 9.17) is 16.3 Å². The summed E-state index contributed by atoms with van der Waals surface area (Å²) in [5, 5.41) is 18.4. The number of rotatable bonds is 7. The van der Waals surface area contributed by atoms with E-state index in [-0.39, 0.29) is 26.2 Å². The van der Waals surface area contributed by atoms with E-state index in [0.717, 1.165) is 4.57 Å². The summed E-state index contributed by atoms with van der Waals surface area (Å²) in [6, 6.07) is 0. The molecular weight excluding hydrogens is 276 g/mol. The summed E-state index contributed by atoms with van der Waals surface area (Å²) >= 11 is 0. The van der Waals surface area contributed by atoms with Crippen molar-refractivity contribution in [2.75, 3.05) is 13.2 Å². The second-order valence-corrected chi connectivity index (χ2v) is 4.73. The van der Waals surface area contributed by atoms with Crippen molar-refractivity contribution in [3.8, 4) is 12.3 Å². The molecule has 0 spiro atoms. The van der Waals surface area contributed by atoms with Crippen LogP contribution in [0.4, 0.5) is 0 Å². The molecule has 2 atom stereocenters. The molecule has 0 radical (unpaired) electrons. The molecule has 1 rings (SSSR count). The van der Waals surface area contributed by atoms with Gasteiger partial charge in [0.15, 0.2) is 0 Å². The van der Waals surface area contributed by atoms with Crippen molar-refractivity contribution in [2.24, 2.45) is 0 Å². The van der Waals surface area contributed by atoms with Crippen LogP contribution in [-0.4, -0.2) is 38.7 Å². The zero-order valence-electron chi connectivity index (χ0n) is 12.2. The summed E-state index contributed by atoms with van der Waals surface area (Å²) < 4.78 is 7.54. The monoisotopic (exact) mass is 296 g/mol. The first kappa shape index (κ1) is 17.2. The third-order valence-electron chi connectivity index (χ3n) is 2.87. The summed E-state index contributed by atoms with van der Waals surface area (Å²) in [5.41, 5.74) is -0.715. The van der Waals surface area contributed by atoms with Crippen LogP contribution in [-0.2, 0) is 11.3 Å². The van der Waals surface area contributed by atoms with E-state index in [1.54, 1.807) is 13.8 Å². The molecule has 0 aliphatic heterocycles. The van der Waals surface area contributed by atoms with Crippen molar-refractivity contribution >= 4 is 0 Å². The topological polar surface area (TPSA) is 93.7 Å². The quantitative estimate of drug-likeness (QED) is 0.644. The lowest BCUT2D eigenvalue weighted by atomic mass is 10.2. The van der Waals surface area contributed by atoms with Gasteiger partial charge < -0.3 is 14.9 Å². The van der Waals surface area contributed by atoms with Gasteiger partial charge in [-0.2, -0.15) is 0 Å². The van der Waals surface area contributed by atoms with Crippen LogP contribution in [0.1, 0.15) is 25.1 Å². The fourth-order valence-corrected chi connectivity index (χ4v) is 1.94. The number of nitrogens with zero attached hydrogens (tertiary/aromatic N) is 2. The molecule has 0 aromatic carbocycles. The number of aliphatic hydroxyl groups is 2. The Bertz CT molecular complexity index is 624. The van der Waals surface area contributed by atoms with Gasteiger partial charge in [0.25, 0.3) is 5.56 Å². The fourth-order valence-electron chi connectivity index (χ4n) is 1.94. The molecular formula is C14H20N2O5. The first-order valence-electron chi connectivity index (χ1n) is 6.59. The van der Waals surface area contributed by atoms with Gasteiger partial charge in [-0.3, -0.25) is 9.36 Å². The highest BCUT2D eigenvalue weighted by Gasteiger charge is 2.19. The van der Waals surface area contributed by atoms with Crippen molar-refractivity contribution in [3.05, 3.63) is 32.6 Å². The van der Waals surface area contributed by atoms with Gasteiger partial charge in [0.2, 0.25) is 0 Å². The summed E-state index contributed by atoms with van der Waals surface area (Å²) in [6.07, 6.45) is 5.20. The van der Waals surface area contributed by atoms with Crippen LogP contribution in [0.5, 0.6) is 0 Å². The predicted octanol–water partition coefficient (Wildman–Crippen LogP) is -0.770. The lowest BCUT2D eigenvalue weighted by molar-refractivity contribution is -0.0434. The highest BCUT2D eigenvalue weighted by molar-refractivity contribution is 5.05. The first-order valence-corrected chi connectivity index (χ1v) is 6.59. The molecule has 116 valence electrons. The summed E-state index contributed by atoms with van der Waals surface area (Å²) in [5.74, 6) is 2.26. The molecule has 1 aromatic heterocycles. The van der Waals surface area contributed by atoms with E-state index in [1.165, 1.54) is 10.8 Å². The van der Waals surface area contributed by atoms with Gasteiger partial charge in [-0.1, -0.05) is 5.92 Å². The second-order valence-electron chi connectivity index (χ2n) is 4.73. The minimum atomic E-state index is -0.784.